The maximum absolute atomic E-state index is 11.6. The lowest BCUT2D eigenvalue weighted by molar-refractivity contribution is 0.198. The van der Waals surface area contributed by atoms with Crippen LogP contribution in [0.2, 0.25) is 0 Å². The predicted molar refractivity (Wildman–Crippen MR) is 84.8 cm³/mol. The SMILES string of the molecule is COc1ccccc1-c1nnc(CN2CCS(=O)(=O)CC2C)o1. The number of rotatable bonds is 4. The van der Waals surface area contributed by atoms with Gasteiger partial charge in [0.2, 0.25) is 5.89 Å². The zero-order chi connectivity index (χ0) is 16.4. The Bertz CT molecular complexity index is 788. The summed E-state index contributed by atoms with van der Waals surface area (Å²) in [5.41, 5.74) is 0.739. The second-order valence-electron chi connectivity index (χ2n) is 5.64. The third kappa shape index (κ3) is 3.53. The summed E-state index contributed by atoms with van der Waals surface area (Å²) < 4.78 is 34.3. The summed E-state index contributed by atoms with van der Waals surface area (Å²) in [5, 5.41) is 8.14. The molecule has 0 radical (unpaired) electrons. The van der Waals surface area contributed by atoms with Crippen molar-refractivity contribution in [2.45, 2.75) is 19.5 Å². The van der Waals surface area contributed by atoms with Gasteiger partial charge >= 0.3 is 0 Å². The molecular formula is C15H19N3O4S. The van der Waals surface area contributed by atoms with Gasteiger partial charge in [0.15, 0.2) is 9.84 Å². The Kier molecular flexibility index (Phi) is 4.36. The van der Waals surface area contributed by atoms with E-state index in [2.05, 4.69) is 10.2 Å². The van der Waals surface area contributed by atoms with Crippen molar-refractivity contribution in [2.75, 3.05) is 25.2 Å². The second-order valence-corrected chi connectivity index (χ2v) is 7.86. The largest absolute Gasteiger partial charge is 0.496 e. The molecule has 1 aliphatic rings. The van der Waals surface area contributed by atoms with Crippen LogP contribution in [0.15, 0.2) is 28.7 Å². The van der Waals surface area contributed by atoms with Crippen LogP contribution < -0.4 is 4.74 Å². The Morgan fingerprint density at radius 3 is 2.87 bits per heavy atom. The summed E-state index contributed by atoms with van der Waals surface area (Å²) in [5.74, 6) is 1.87. The number of aromatic nitrogens is 2. The first-order valence-electron chi connectivity index (χ1n) is 7.39. The van der Waals surface area contributed by atoms with E-state index in [-0.39, 0.29) is 17.5 Å². The molecule has 1 aromatic carbocycles. The van der Waals surface area contributed by atoms with Crippen LogP contribution in [0.5, 0.6) is 5.75 Å². The fourth-order valence-corrected chi connectivity index (χ4v) is 4.31. The van der Waals surface area contributed by atoms with Gasteiger partial charge in [-0.2, -0.15) is 0 Å². The zero-order valence-electron chi connectivity index (χ0n) is 13.1. The van der Waals surface area contributed by atoms with Gasteiger partial charge in [0.25, 0.3) is 5.89 Å². The van der Waals surface area contributed by atoms with Crippen molar-refractivity contribution in [3.63, 3.8) is 0 Å². The first-order chi connectivity index (χ1) is 11.0. The van der Waals surface area contributed by atoms with Crippen LogP contribution in [0.3, 0.4) is 0 Å². The smallest absolute Gasteiger partial charge is 0.251 e. The topological polar surface area (TPSA) is 85.5 Å². The van der Waals surface area contributed by atoms with Crippen LogP contribution in [-0.2, 0) is 16.4 Å². The van der Waals surface area contributed by atoms with E-state index in [1.807, 2.05) is 36.1 Å². The predicted octanol–water partition coefficient (Wildman–Crippen LogP) is 1.36. The minimum absolute atomic E-state index is 0.0599. The van der Waals surface area contributed by atoms with Gasteiger partial charge in [-0.25, -0.2) is 8.42 Å². The Balaban J connectivity index is 1.75. The van der Waals surface area contributed by atoms with Gasteiger partial charge in [0, 0.05) is 12.6 Å². The zero-order valence-corrected chi connectivity index (χ0v) is 13.9. The highest BCUT2D eigenvalue weighted by Crippen LogP contribution is 2.28. The standard InChI is InChI=1S/C15H19N3O4S/c1-11-10-23(19,20)8-7-18(11)9-14-16-17-15(22-14)12-5-3-4-6-13(12)21-2/h3-6,11H,7-10H2,1-2H3. The minimum Gasteiger partial charge on any atom is -0.496 e. The molecule has 124 valence electrons. The van der Waals surface area contributed by atoms with E-state index in [1.165, 1.54) is 0 Å². The van der Waals surface area contributed by atoms with Crippen molar-refractivity contribution in [3.05, 3.63) is 30.2 Å². The number of hydrogen-bond donors (Lipinski definition) is 0. The average Bonchev–Trinajstić information content (AvgIpc) is 2.98. The molecule has 1 saturated heterocycles. The van der Waals surface area contributed by atoms with E-state index in [1.54, 1.807) is 7.11 Å². The fourth-order valence-electron chi connectivity index (χ4n) is 2.69. The van der Waals surface area contributed by atoms with E-state index in [4.69, 9.17) is 9.15 Å². The van der Waals surface area contributed by atoms with Crippen LogP contribution in [0.1, 0.15) is 12.8 Å². The van der Waals surface area contributed by atoms with Crippen molar-refractivity contribution in [1.82, 2.24) is 15.1 Å². The number of para-hydroxylation sites is 1. The summed E-state index contributed by atoms with van der Waals surface area (Å²) in [6, 6.07) is 7.37. The Morgan fingerprint density at radius 2 is 2.13 bits per heavy atom. The summed E-state index contributed by atoms with van der Waals surface area (Å²) in [7, 11) is -1.34. The quantitative estimate of drug-likeness (QED) is 0.832. The van der Waals surface area contributed by atoms with Crippen molar-refractivity contribution < 1.29 is 17.6 Å². The molecule has 0 saturated carbocycles. The number of hydrogen-bond acceptors (Lipinski definition) is 7. The monoisotopic (exact) mass is 337 g/mol. The lowest BCUT2D eigenvalue weighted by Gasteiger charge is -2.31. The summed E-state index contributed by atoms with van der Waals surface area (Å²) in [6.45, 7) is 2.82. The lowest BCUT2D eigenvalue weighted by Crippen LogP contribution is -2.46. The van der Waals surface area contributed by atoms with E-state index >= 15 is 0 Å². The number of nitrogens with zero attached hydrogens (tertiary/aromatic N) is 3. The average molecular weight is 337 g/mol. The number of methoxy groups -OCH3 is 1. The minimum atomic E-state index is -2.93. The van der Waals surface area contributed by atoms with Gasteiger partial charge in [-0.1, -0.05) is 12.1 Å². The number of sulfone groups is 1. The first kappa shape index (κ1) is 15.9. The molecule has 0 bridgehead atoms. The van der Waals surface area contributed by atoms with Crippen molar-refractivity contribution in [3.8, 4) is 17.2 Å². The maximum Gasteiger partial charge on any atom is 0.251 e. The van der Waals surface area contributed by atoms with E-state index in [0.717, 1.165) is 5.56 Å². The molecule has 1 aliphatic heterocycles. The molecule has 23 heavy (non-hydrogen) atoms. The first-order valence-corrected chi connectivity index (χ1v) is 9.21. The molecule has 1 aromatic heterocycles. The van der Waals surface area contributed by atoms with Gasteiger partial charge in [-0.3, -0.25) is 4.90 Å². The van der Waals surface area contributed by atoms with Crippen LogP contribution in [0.4, 0.5) is 0 Å². The maximum atomic E-state index is 11.6. The summed E-state index contributed by atoms with van der Waals surface area (Å²) in [6.07, 6.45) is 0. The molecule has 1 atom stereocenters. The van der Waals surface area contributed by atoms with Crippen molar-refractivity contribution in [1.29, 1.82) is 0 Å². The highest BCUT2D eigenvalue weighted by molar-refractivity contribution is 7.91. The number of benzene rings is 1. The molecule has 2 heterocycles. The van der Waals surface area contributed by atoms with Crippen LogP contribution >= 0.6 is 0 Å². The normalized spacial score (nSPS) is 21.2. The lowest BCUT2D eigenvalue weighted by atomic mass is 10.2. The summed E-state index contributed by atoms with van der Waals surface area (Å²) in [4.78, 5) is 2.04. The van der Waals surface area contributed by atoms with Crippen LogP contribution in [-0.4, -0.2) is 54.7 Å². The molecule has 0 amide bonds. The van der Waals surface area contributed by atoms with Gasteiger partial charge in [-0.15, -0.1) is 10.2 Å². The third-order valence-corrected chi connectivity index (χ3v) is 5.75. The van der Waals surface area contributed by atoms with Crippen molar-refractivity contribution in [2.24, 2.45) is 0 Å². The van der Waals surface area contributed by atoms with Crippen LogP contribution in [0, 0.1) is 0 Å². The molecule has 7 nitrogen and oxygen atoms in total. The molecule has 1 unspecified atom stereocenters. The van der Waals surface area contributed by atoms with Crippen LogP contribution in [0.25, 0.3) is 11.5 Å². The Hall–Kier alpha value is -1.93. The van der Waals surface area contributed by atoms with E-state index in [0.29, 0.717) is 30.6 Å². The molecular weight excluding hydrogens is 318 g/mol. The third-order valence-electron chi connectivity index (χ3n) is 3.95. The number of ether oxygens (including phenoxy) is 1. The van der Waals surface area contributed by atoms with Gasteiger partial charge in [0.05, 0.1) is 30.7 Å². The van der Waals surface area contributed by atoms with Gasteiger partial charge < -0.3 is 9.15 Å². The highest BCUT2D eigenvalue weighted by Gasteiger charge is 2.29. The molecule has 0 aliphatic carbocycles. The highest BCUT2D eigenvalue weighted by atomic mass is 32.2. The van der Waals surface area contributed by atoms with E-state index < -0.39 is 9.84 Å². The van der Waals surface area contributed by atoms with Gasteiger partial charge in [-0.05, 0) is 19.1 Å². The van der Waals surface area contributed by atoms with E-state index in [9.17, 15) is 8.42 Å². The molecule has 3 rings (SSSR count). The summed E-state index contributed by atoms with van der Waals surface area (Å²) >= 11 is 0. The molecule has 2 aromatic rings. The molecule has 0 spiro atoms. The molecule has 0 N–H and O–H groups in total. The Morgan fingerprint density at radius 1 is 1.35 bits per heavy atom. The Labute approximate surface area is 135 Å². The van der Waals surface area contributed by atoms with Crippen molar-refractivity contribution >= 4 is 9.84 Å². The molecule has 8 heteroatoms. The molecule has 1 fully saturated rings. The fraction of sp³-hybridized carbons (Fsp3) is 0.467. The van der Waals surface area contributed by atoms with Gasteiger partial charge in [0.1, 0.15) is 5.75 Å². The second kappa shape index (κ2) is 6.29.